The molecule has 1 aliphatic rings. The first-order valence-corrected chi connectivity index (χ1v) is 7.79. The highest BCUT2D eigenvalue weighted by molar-refractivity contribution is 7.09. The Morgan fingerprint density at radius 1 is 1.33 bits per heavy atom. The van der Waals surface area contributed by atoms with Crippen LogP contribution >= 0.6 is 11.3 Å². The van der Waals surface area contributed by atoms with Gasteiger partial charge in [0.25, 0.3) is 0 Å². The number of nitrogens with zero attached hydrogens (tertiary/aromatic N) is 2. The highest BCUT2D eigenvalue weighted by Crippen LogP contribution is 2.31. The summed E-state index contributed by atoms with van der Waals surface area (Å²) in [4.78, 5) is 6.93. The summed E-state index contributed by atoms with van der Waals surface area (Å²) in [5, 5.41) is 6.94. The second-order valence-electron chi connectivity index (χ2n) is 5.67. The molecule has 1 heterocycles. The fourth-order valence-corrected chi connectivity index (χ4v) is 3.62. The maximum absolute atomic E-state index is 4.50. The van der Waals surface area contributed by atoms with Gasteiger partial charge in [0.1, 0.15) is 5.01 Å². The van der Waals surface area contributed by atoms with E-state index in [0.29, 0.717) is 5.54 Å². The van der Waals surface area contributed by atoms with Gasteiger partial charge in [0.15, 0.2) is 0 Å². The van der Waals surface area contributed by atoms with E-state index in [1.54, 1.807) is 11.3 Å². The molecule has 1 aromatic heterocycles. The Morgan fingerprint density at radius 3 is 2.61 bits per heavy atom. The van der Waals surface area contributed by atoms with Crippen LogP contribution < -0.4 is 5.32 Å². The Hall–Kier alpha value is -0.450. The molecule has 1 fully saturated rings. The fourth-order valence-electron chi connectivity index (χ4n) is 2.88. The SMILES string of the molecule is Cc1csc(CNCC2(N(C)C)CCCCC2)n1. The zero-order valence-corrected chi connectivity index (χ0v) is 12.6. The third-order valence-electron chi connectivity index (χ3n) is 4.13. The Kier molecular flexibility index (Phi) is 4.76. The summed E-state index contributed by atoms with van der Waals surface area (Å²) in [5.74, 6) is 0. The molecule has 3 nitrogen and oxygen atoms in total. The van der Waals surface area contributed by atoms with Crippen molar-refractivity contribution in [3.05, 3.63) is 16.1 Å². The second kappa shape index (κ2) is 6.13. The molecular weight excluding hydrogens is 242 g/mol. The van der Waals surface area contributed by atoms with Crippen molar-refractivity contribution in [1.29, 1.82) is 0 Å². The molecule has 1 aromatic rings. The summed E-state index contributed by atoms with van der Waals surface area (Å²) >= 11 is 1.76. The van der Waals surface area contributed by atoms with Crippen LogP contribution in [0.5, 0.6) is 0 Å². The Labute approximate surface area is 115 Å². The second-order valence-corrected chi connectivity index (χ2v) is 6.61. The molecule has 0 saturated heterocycles. The largest absolute Gasteiger partial charge is 0.309 e. The van der Waals surface area contributed by atoms with Crippen molar-refractivity contribution in [1.82, 2.24) is 15.2 Å². The van der Waals surface area contributed by atoms with Crippen LogP contribution in [0.15, 0.2) is 5.38 Å². The molecule has 4 heteroatoms. The van der Waals surface area contributed by atoms with Crippen LogP contribution in [0, 0.1) is 6.92 Å². The normalized spacial score (nSPS) is 19.3. The average Bonchev–Trinajstić information content (AvgIpc) is 2.76. The number of hydrogen-bond acceptors (Lipinski definition) is 4. The molecule has 102 valence electrons. The van der Waals surface area contributed by atoms with Gasteiger partial charge in [0.05, 0.1) is 0 Å². The van der Waals surface area contributed by atoms with Gasteiger partial charge in [-0.1, -0.05) is 19.3 Å². The van der Waals surface area contributed by atoms with Gasteiger partial charge in [-0.2, -0.15) is 0 Å². The molecule has 0 amide bonds. The number of nitrogens with one attached hydrogen (secondary N) is 1. The molecule has 0 atom stereocenters. The minimum absolute atomic E-state index is 0.366. The molecule has 0 bridgehead atoms. The molecule has 18 heavy (non-hydrogen) atoms. The number of rotatable bonds is 5. The van der Waals surface area contributed by atoms with Crippen molar-refractivity contribution >= 4 is 11.3 Å². The Balaban J connectivity index is 1.86. The van der Waals surface area contributed by atoms with Crippen molar-refractivity contribution in [3.63, 3.8) is 0 Å². The Morgan fingerprint density at radius 2 is 2.06 bits per heavy atom. The predicted octanol–water partition coefficient (Wildman–Crippen LogP) is 2.81. The van der Waals surface area contributed by atoms with Gasteiger partial charge in [-0.15, -0.1) is 11.3 Å². The third kappa shape index (κ3) is 3.31. The van der Waals surface area contributed by atoms with Gasteiger partial charge in [0.2, 0.25) is 0 Å². The van der Waals surface area contributed by atoms with E-state index in [1.807, 2.05) is 0 Å². The molecule has 2 rings (SSSR count). The quantitative estimate of drug-likeness (QED) is 0.889. The van der Waals surface area contributed by atoms with Crippen LogP contribution in [0.2, 0.25) is 0 Å². The first-order chi connectivity index (χ1) is 8.62. The van der Waals surface area contributed by atoms with E-state index < -0.39 is 0 Å². The van der Waals surface area contributed by atoms with E-state index in [0.717, 1.165) is 18.8 Å². The zero-order chi connectivity index (χ0) is 13.0. The van der Waals surface area contributed by atoms with E-state index in [9.17, 15) is 0 Å². The van der Waals surface area contributed by atoms with Crippen LogP contribution in [0.1, 0.15) is 42.8 Å². The van der Waals surface area contributed by atoms with Gasteiger partial charge in [-0.25, -0.2) is 4.98 Å². The van der Waals surface area contributed by atoms with E-state index in [-0.39, 0.29) is 0 Å². The van der Waals surface area contributed by atoms with Crippen LogP contribution in [0.25, 0.3) is 0 Å². The monoisotopic (exact) mass is 267 g/mol. The maximum Gasteiger partial charge on any atom is 0.107 e. The van der Waals surface area contributed by atoms with Crippen molar-refractivity contribution in [2.45, 2.75) is 51.1 Å². The molecule has 0 aromatic carbocycles. The van der Waals surface area contributed by atoms with E-state index in [2.05, 4.69) is 41.6 Å². The van der Waals surface area contributed by atoms with E-state index >= 15 is 0 Å². The first-order valence-electron chi connectivity index (χ1n) is 6.92. The third-order valence-corrected chi connectivity index (χ3v) is 5.10. The summed E-state index contributed by atoms with van der Waals surface area (Å²) in [7, 11) is 4.45. The van der Waals surface area contributed by atoms with Crippen molar-refractivity contribution in [2.75, 3.05) is 20.6 Å². The highest BCUT2D eigenvalue weighted by atomic mass is 32.1. The summed E-state index contributed by atoms with van der Waals surface area (Å²) in [6.45, 7) is 4.05. The predicted molar refractivity (Wildman–Crippen MR) is 78.1 cm³/mol. The van der Waals surface area contributed by atoms with Crippen molar-refractivity contribution in [3.8, 4) is 0 Å². The summed E-state index contributed by atoms with van der Waals surface area (Å²) < 4.78 is 0. The standard InChI is InChI=1S/C14H25N3S/c1-12-10-18-13(16-12)9-15-11-14(17(2)3)7-5-4-6-8-14/h10,15H,4-9,11H2,1-3H3. The van der Waals surface area contributed by atoms with Gasteiger partial charge in [-0.3, -0.25) is 0 Å². The lowest BCUT2D eigenvalue weighted by Gasteiger charge is -2.43. The fraction of sp³-hybridized carbons (Fsp3) is 0.786. The smallest absolute Gasteiger partial charge is 0.107 e. The summed E-state index contributed by atoms with van der Waals surface area (Å²) in [6.07, 6.45) is 6.79. The minimum atomic E-state index is 0.366. The van der Waals surface area contributed by atoms with Gasteiger partial charge >= 0.3 is 0 Å². The molecule has 1 saturated carbocycles. The lowest BCUT2D eigenvalue weighted by Crippen LogP contribution is -2.52. The molecule has 1 N–H and O–H groups in total. The van der Waals surface area contributed by atoms with Gasteiger partial charge in [0, 0.05) is 29.7 Å². The average molecular weight is 267 g/mol. The molecule has 1 aliphatic carbocycles. The number of aromatic nitrogens is 1. The van der Waals surface area contributed by atoms with Crippen molar-refractivity contribution < 1.29 is 0 Å². The van der Waals surface area contributed by atoms with Crippen LogP contribution in [-0.2, 0) is 6.54 Å². The summed E-state index contributed by atoms with van der Waals surface area (Å²) in [5.41, 5.74) is 1.50. The molecule has 0 aliphatic heterocycles. The topological polar surface area (TPSA) is 28.2 Å². The van der Waals surface area contributed by atoms with E-state index in [1.165, 1.54) is 37.1 Å². The number of likely N-dealkylation sites (N-methyl/N-ethyl adjacent to an activating group) is 1. The van der Waals surface area contributed by atoms with Gasteiger partial charge in [-0.05, 0) is 33.9 Å². The van der Waals surface area contributed by atoms with Crippen LogP contribution in [-0.4, -0.2) is 36.1 Å². The first kappa shape index (κ1) is 14.0. The lowest BCUT2D eigenvalue weighted by molar-refractivity contribution is 0.0984. The number of aryl methyl sites for hydroxylation is 1. The van der Waals surface area contributed by atoms with Crippen molar-refractivity contribution in [2.24, 2.45) is 0 Å². The number of thiazole rings is 1. The zero-order valence-electron chi connectivity index (χ0n) is 11.8. The summed E-state index contributed by atoms with van der Waals surface area (Å²) in [6, 6.07) is 0. The molecule has 0 unspecified atom stereocenters. The molecule has 0 spiro atoms. The Bertz CT molecular complexity index is 367. The van der Waals surface area contributed by atoms with Gasteiger partial charge < -0.3 is 10.2 Å². The van der Waals surface area contributed by atoms with Crippen LogP contribution in [0.4, 0.5) is 0 Å². The highest BCUT2D eigenvalue weighted by Gasteiger charge is 2.33. The van der Waals surface area contributed by atoms with E-state index in [4.69, 9.17) is 0 Å². The molecule has 0 radical (unpaired) electrons. The lowest BCUT2D eigenvalue weighted by atomic mass is 9.80. The maximum atomic E-state index is 4.50. The minimum Gasteiger partial charge on any atom is -0.309 e. The molecular formula is C14H25N3S. The van der Waals surface area contributed by atoms with Crippen LogP contribution in [0.3, 0.4) is 0 Å². The number of hydrogen-bond donors (Lipinski definition) is 1.